The number of nitrogens with two attached hydrogens (primary N) is 1. The zero-order valence-electron chi connectivity index (χ0n) is 12.8. The molecule has 21 heavy (non-hydrogen) atoms. The van der Waals surface area contributed by atoms with Crippen molar-refractivity contribution >= 4 is 11.6 Å². The number of phenols is 1. The summed E-state index contributed by atoms with van der Waals surface area (Å²) < 4.78 is 5.17. The summed E-state index contributed by atoms with van der Waals surface area (Å²) in [6.45, 7) is 3.76. The van der Waals surface area contributed by atoms with Crippen molar-refractivity contribution in [2.45, 2.75) is 51.2 Å². The number of nitrogens with zero attached hydrogens (tertiary/aromatic N) is 1. The number of methoxy groups -OCH3 is 1. The minimum absolute atomic E-state index is 0.188. The molecule has 3 N–H and O–H groups in total. The molecule has 0 aliphatic heterocycles. The first-order valence-electron chi connectivity index (χ1n) is 7.60. The van der Waals surface area contributed by atoms with E-state index in [9.17, 15) is 5.11 Å². The number of benzene rings is 1. The van der Waals surface area contributed by atoms with E-state index in [0.29, 0.717) is 29.4 Å². The first kappa shape index (κ1) is 16.4. The maximum absolute atomic E-state index is 10.3. The second-order valence-corrected chi connectivity index (χ2v) is 6.18. The Morgan fingerprint density at radius 2 is 2.00 bits per heavy atom. The Kier molecular flexibility index (Phi) is 5.73. The van der Waals surface area contributed by atoms with Crippen LogP contribution in [0, 0.1) is 0 Å². The normalized spacial score (nSPS) is 22.5. The molecule has 0 aromatic heterocycles. The highest BCUT2D eigenvalue weighted by molar-refractivity contribution is 6.30. The van der Waals surface area contributed by atoms with Gasteiger partial charge in [-0.3, -0.25) is 4.90 Å². The van der Waals surface area contributed by atoms with Crippen LogP contribution in [0.5, 0.6) is 11.5 Å². The molecule has 1 aliphatic carbocycles. The van der Waals surface area contributed by atoms with Gasteiger partial charge in [0.15, 0.2) is 11.5 Å². The average Bonchev–Trinajstić information content (AvgIpc) is 2.48. The summed E-state index contributed by atoms with van der Waals surface area (Å²) in [5.41, 5.74) is 6.80. The predicted molar refractivity (Wildman–Crippen MR) is 86.0 cm³/mol. The molecule has 118 valence electrons. The van der Waals surface area contributed by atoms with Gasteiger partial charge in [-0.2, -0.15) is 0 Å². The van der Waals surface area contributed by atoms with E-state index >= 15 is 0 Å². The quantitative estimate of drug-likeness (QED) is 0.877. The van der Waals surface area contributed by atoms with Gasteiger partial charge in [-0.25, -0.2) is 0 Å². The number of hydrogen-bond donors (Lipinski definition) is 2. The lowest BCUT2D eigenvalue weighted by Crippen LogP contribution is -2.40. The SMILES string of the molecule is CCN(Cc1cc(Cl)cc(OC)c1O)C1CCC(N)CC1. The summed E-state index contributed by atoms with van der Waals surface area (Å²) in [6, 6.07) is 4.33. The van der Waals surface area contributed by atoms with E-state index < -0.39 is 0 Å². The number of aromatic hydroxyl groups is 1. The monoisotopic (exact) mass is 312 g/mol. The largest absolute Gasteiger partial charge is 0.504 e. The first-order chi connectivity index (χ1) is 10.0. The van der Waals surface area contributed by atoms with E-state index in [-0.39, 0.29) is 5.75 Å². The molecule has 0 spiro atoms. The molecule has 2 rings (SSSR count). The van der Waals surface area contributed by atoms with E-state index in [0.717, 1.165) is 37.8 Å². The summed E-state index contributed by atoms with van der Waals surface area (Å²) >= 11 is 6.11. The fraction of sp³-hybridized carbons (Fsp3) is 0.625. The molecule has 0 radical (unpaired) electrons. The Hall–Kier alpha value is -0.970. The molecule has 1 saturated carbocycles. The van der Waals surface area contributed by atoms with Gasteiger partial charge in [0.25, 0.3) is 0 Å². The van der Waals surface area contributed by atoms with Crippen molar-refractivity contribution in [3.8, 4) is 11.5 Å². The minimum Gasteiger partial charge on any atom is -0.504 e. The Morgan fingerprint density at radius 3 is 2.57 bits per heavy atom. The van der Waals surface area contributed by atoms with Gasteiger partial charge < -0.3 is 15.6 Å². The zero-order chi connectivity index (χ0) is 15.4. The third-order valence-corrected chi connectivity index (χ3v) is 4.59. The predicted octanol–water partition coefficient (Wildman–Crippen LogP) is 3.15. The fourth-order valence-electron chi connectivity index (χ4n) is 3.09. The van der Waals surface area contributed by atoms with Crippen LogP contribution in [0.4, 0.5) is 0 Å². The summed E-state index contributed by atoms with van der Waals surface area (Å²) in [5, 5.41) is 10.9. The number of phenolic OH excluding ortho intramolecular Hbond substituents is 1. The second-order valence-electron chi connectivity index (χ2n) is 5.75. The summed E-state index contributed by atoms with van der Waals surface area (Å²) in [5.74, 6) is 0.618. The summed E-state index contributed by atoms with van der Waals surface area (Å²) in [6.07, 6.45) is 4.39. The Morgan fingerprint density at radius 1 is 1.33 bits per heavy atom. The standard InChI is InChI=1S/C16H25ClN2O2/c1-3-19(14-6-4-13(18)5-7-14)10-11-8-12(17)9-15(21-2)16(11)20/h8-9,13-14,20H,3-7,10,18H2,1-2H3. The smallest absolute Gasteiger partial charge is 0.162 e. The molecular formula is C16H25ClN2O2. The molecule has 4 nitrogen and oxygen atoms in total. The molecule has 0 heterocycles. The molecule has 0 atom stereocenters. The van der Waals surface area contributed by atoms with Crippen molar-refractivity contribution in [1.82, 2.24) is 4.90 Å². The Balaban J connectivity index is 2.13. The third-order valence-electron chi connectivity index (χ3n) is 4.38. The molecule has 1 aromatic carbocycles. The van der Waals surface area contributed by atoms with E-state index in [1.54, 1.807) is 6.07 Å². The number of rotatable bonds is 5. The van der Waals surface area contributed by atoms with Crippen LogP contribution < -0.4 is 10.5 Å². The molecule has 0 bridgehead atoms. The minimum atomic E-state index is 0.188. The first-order valence-corrected chi connectivity index (χ1v) is 7.98. The maximum atomic E-state index is 10.3. The van der Waals surface area contributed by atoms with Gasteiger partial charge in [-0.15, -0.1) is 0 Å². The van der Waals surface area contributed by atoms with E-state index in [2.05, 4.69) is 11.8 Å². The lowest BCUT2D eigenvalue weighted by Gasteiger charge is -2.35. The van der Waals surface area contributed by atoms with Gasteiger partial charge in [0.2, 0.25) is 0 Å². The van der Waals surface area contributed by atoms with Crippen molar-refractivity contribution in [3.05, 3.63) is 22.7 Å². The Labute approximate surface area is 131 Å². The van der Waals surface area contributed by atoms with Gasteiger partial charge in [0.1, 0.15) is 0 Å². The van der Waals surface area contributed by atoms with E-state index in [1.807, 2.05) is 6.07 Å². The van der Waals surface area contributed by atoms with Gasteiger partial charge in [-0.1, -0.05) is 18.5 Å². The van der Waals surface area contributed by atoms with Crippen molar-refractivity contribution in [3.63, 3.8) is 0 Å². The van der Waals surface area contributed by atoms with E-state index in [1.165, 1.54) is 7.11 Å². The molecule has 0 amide bonds. The van der Waals surface area contributed by atoms with Crippen molar-refractivity contribution in [2.24, 2.45) is 5.73 Å². The lowest BCUT2D eigenvalue weighted by molar-refractivity contribution is 0.148. The summed E-state index contributed by atoms with van der Waals surface area (Å²) in [4.78, 5) is 2.39. The van der Waals surface area contributed by atoms with Gasteiger partial charge >= 0.3 is 0 Å². The molecule has 1 aliphatic rings. The van der Waals surface area contributed by atoms with Gasteiger partial charge in [0, 0.05) is 35.3 Å². The summed E-state index contributed by atoms with van der Waals surface area (Å²) in [7, 11) is 1.54. The highest BCUT2D eigenvalue weighted by atomic mass is 35.5. The van der Waals surface area contributed by atoms with Gasteiger partial charge in [-0.05, 0) is 38.3 Å². The molecule has 0 saturated heterocycles. The number of ether oxygens (including phenoxy) is 1. The fourth-order valence-corrected chi connectivity index (χ4v) is 3.32. The lowest BCUT2D eigenvalue weighted by atomic mass is 9.90. The molecular weight excluding hydrogens is 288 g/mol. The van der Waals surface area contributed by atoms with Crippen LogP contribution in [0.25, 0.3) is 0 Å². The van der Waals surface area contributed by atoms with Crippen molar-refractivity contribution < 1.29 is 9.84 Å². The van der Waals surface area contributed by atoms with E-state index in [4.69, 9.17) is 22.1 Å². The van der Waals surface area contributed by atoms with Crippen LogP contribution in [0.3, 0.4) is 0 Å². The van der Waals surface area contributed by atoms with Crippen LogP contribution >= 0.6 is 11.6 Å². The highest BCUT2D eigenvalue weighted by Crippen LogP contribution is 2.35. The molecule has 5 heteroatoms. The maximum Gasteiger partial charge on any atom is 0.162 e. The Bertz CT molecular complexity index is 474. The van der Waals surface area contributed by atoms with Crippen molar-refractivity contribution in [2.75, 3.05) is 13.7 Å². The van der Waals surface area contributed by atoms with Crippen LogP contribution in [0.1, 0.15) is 38.2 Å². The zero-order valence-corrected chi connectivity index (χ0v) is 13.6. The third kappa shape index (κ3) is 4.02. The van der Waals surface area contributed by atoms with Crippen LogP contribution in [0.2, 0.25) is 5.02 Å². The molecule has 1 fully saturated rings. The van der Waals surface area contributed by atoms with Crippen molar-refractivity contribution in [1.29, 1.82) is 0 Å². The van der Waals surface area contributed by atoms with Crippen LogP contribution in [0.15, 0.2) is 12.1 Å². The number of halogens is 1. The second kappa shape index (κ2) is 7.34. The van der Waals surface area contributed by atoms with Crippen LogP contribution in [-0.4, -0.2) is 35.7 Å². The topological polar surface area (TPSA) is 58.7 Å². The molecule has 1 aromatic rings. The number of hydrogen-bond acceptors (Lipinski definition) is 4. The average molecular weight is 313 g/mol. The van der Waals surface area contributed by atoms with Crippen LogP contribution in [-0.2, 0) is 6.54 Å². The van der Waals surface area contributed by atoms with Gasteiger partial charge in [0.05, 0.1) is 7.11 Å². The molecule has 0 unspecified atom stereocenters. The highest BCUT2D eigenvalue weighted by Gasteiger charge is 2.24.